The van der Waals surface area contributed by atoms with E-state index in [1.807, 2.05) is 67.6 Å². The first-order valence-electron chi connectivity index (χ1n) is 13.9. The number of alkyl halides is 3. The minimum absolute atomic E-state index is 0.0300. The van der Waals surface area contributed by atoms with Crippen LogP contribution in [0.1, 0.15) is 57.3 Å². The van der Waals surface area contributed by atoms with Crippen LogP contribution in [0, 0.1) is 6.92 Å². The average molecular weight is 560 g/mol. The Morgan fingerprint density at radius 3 is 2.02 bits per heavy atom. The fourth-order valence-corrected chi connectivity index (χ4v) is 5.93. The highest BCUT2D eigenvalue weighted by atomic mass is 19.4. The summed E-state index contributed by atoms with van der Waals surface area (Å²) in [5.41, 5.74) is 4.18. The minimum atomic E-state index is -4.50. The van der Waals surface area contributed by atoms with Crippen LogP contribution in [-0.4, -0.2) is 57.8 Å². The first-order chi connectivity index (χ1) is 19.8. The lowest BCUT2D eigenvalue weighted by Gasteiger charge is -2.39. The highest BCUT2D eigenvalue weighted by molar-refractivity contribution is 5.93. The van der Waals surface area contributed by atoms with Gasteiger partial charge in [-0.1, -0.05) is 90.5 Å². The maximum Gasteiger partial charge on any atom is 0.410 e. The molecule has 0 spiro atoms. The third kappa shape index (κ3) is 5.59. The molecule has 6 nitrogen and oxygen atoms in total. The standard InChI is InChI=1S/C32H32F3N5O/c1-22-12-14-23(15-13-22)26-20-28(32(33,34)35)40-29(36-26)21-27(37-40)31(41)39-18-16-38(17-19-39)30(24-8-4-2-5-9-24)25-10-6-3-7-11-25/h2-15,21,26,28,30,36H,16-20H2,1H3/t26-,28+/m1/s1. The van der Waals surface area contributed by atoms with E-state index in [1.54, 1.807) is 4.90 Å². The Labute approximate surface area is 237 Å². The average Bonchev–Trinajstić information content (AvgIpc) is 3.42. The Kier molecular flexibility index (Phi) is 7.30. The van der Waals surface area contributed by atoms with Gasteiger partial charge in [-0.05, 0) is 23.6 Å². The molecule has 1 N–H and O–H groups in total. The molecule has 2 aliphatic rings. The van der Waals surface area contributed by atoms with E-state index in [0.29, 0.717) is 26.2 Å². The van der Waals surface area contributed by atoms with Gasteiger partial charge < -0.3 is 10.2 Å². The number of carbonyl (C=O) groups is 1. The van der Waals surface area contributed by atoms with Crippen LogP contribution in [0.25, 0.3) is 0 Å². The number of hydrogen-bond donors (Lipinski definition) is 1. The predicted molar refractivity (Wildman–Crippen MR) is 152 cm³/mol. The molecular weight excluding hydrogens is 527 g/mol. The second kappa shape index (κ2) is 11.0. The van der Waals surface area contributed by atoms with Gasteiger partial charge >= 0.3 is 6.18 Å². The minimum Gasteiger partial charge on any atom is -0.363 e. The second-order valence-corrected chi connectivity index (χ2v) is 10.8. The fourth-order valence-electron chi connectivity index (χ4n) is 5.93. The van der Waals surface area contributed by atoms with Crippen molar-refractivity contribution in [2.45, 2.75) is 37.6 Å². The molecule has 0 bridgehead atoms. The molecule has 2 aliphatic heterocycles. The van der Waals surface area contributed by atoms with E-state index in [2.05, 4.69) is 39.6 Å². The molecule has 0 unspecified atom stereocenters. The van der Waals surface area contributed by atoms with Gasteiger partial charge in [-0.25, -0.2) is 4.68 Å². The quantitative estimate of drug-likeness (QED) is 0.308. The number of benzene rings is 3. The van der Waals surface area contributed by atoms with Crippen molar-refractivity contribution in [1.82, 2.24) is 19.6 Å². The zero-order valence-corrected chi connectivity index (χ0v) is 22.8. The van der Waals surface area contributed by atoms with E-state index >= 15 is 0 Å². The Balaban J connectivity index is 1.20. The molecule has 4 aromatic rings. The van der Waals surface area contributed by atoms with Crippen LogP contribution in [0.5, 0.6) is 0 Å². The van der Waals surface area contributed by atoms with E-state index in [9.17, 15) is 18.0 Å². The van der Waals surface area contributed by atoms with Crippen molar-refractivity contribution in [3.8, 4) is 0 Å². The van der Waals surface area contributed by atoms with Crippen molar-refractivity contribution < 1.29 is 18.0 Å². The molecule has 3 aromatic carbocycles. The van der Waals surface area contributed by atoms with E-state index in [4.69, 9.17) is 0 Å². The fraction of sp³-hybridized carbons (Fsp3) is 0.312. The number of rotatable bonds is 5. The van der Waals surface area contributed by atoms with Crippen LogP contribution in [-0.2, 0) is 0 Å². The number of nitrogens with one attached hydrogen (secondary N) is 1. The molecule has 1 fully saturated rings. The van der Waals surface area contributed by atoms with Gasteiger partial charge in [0, 0.05) is 38.7 Å². The number of aryl methyl sites for hydroxylation is 1. The molecular formula is C32H32F3N5O. The van der Waals surface area contributed by atoms with Crippen LogP contribution < -0.4 is 5.32 Å². The van der Waals surface area contributed by atoms with Gasteiger partial charge in [-0.3, -0.25) is 9.69 Å². The predicted octanol–water partition coefficient (Wildman–Crippen LogP) is 6.40. The van der Waals surface area contributed by atoms with Gasteiger partial charge in [0.05, 0.1) is 12.1 Å². The Morgan fingerprint density at radius 1 is 0.878 bits per heavy atom. The number of nitrogens with zero attached hydrogens (tertiary/aromatic N) is 4. The van der Waals surface area contributed by atoms with Gasteiger partial charge in [-0.15, -0.1) is 0 Å². The summed E-state index contributed by atoms with van der Waals surface area (Å²) in [6.45, 7) is 4.12. The first-order valence-corrected chi connectivity index (χ1v) is 13.9. The van der Waals surface area contributed by atoms with Gasteiger partial charge in [-0.2, -0.15) is 18.3 Å². The summed E-state index contributed by atoms with van der Waals surface area (Å²) in [6.07, 6.45) is -4.70. The third-order valence-corrected chi connectivity index (χ3v) is 8.09. The van der Waals surface area contributed by atoms with E-state index in [-0.39, 0.29) is 29.9 Å². The molecule has 1 saturated heterocycles. The van der Waals surface area contributed by atoms with Gasteiger partial charge in [0.15, 0.2) is 11.7 Å². The number of hydrogen-bond acceptors (Lipinski definition) is 4. The smallest absolute Gasteiger partial charge is 0.363 e. The summed E-state index contributed by atoms with van der Waals surface area (Å²) in [4.78, 5) is 17.5. The van der Waals surface area contributed by atoms with E-state index in [1.165, 1.54) is 17.2 Å². The van der Waals surface area contributed by atoms with Gasteiger partial charge in [0.25, 0.3) is 5.91 Å². The normalized spacial score (nSPS) is 19.6. The number of aromatic nitrogens is 2. The largest absolute Gasteiger partial charge is 0.410 e. The summed E-state index contributed by atoms with van der Waals surface area (Å²) >= 11 is 0. The van der Waals surface area contributed by atoms with Crippen molar-refractivity contribution in [2.75, 3.05) is 31.5 Å². The number of fused-ring (bicyclic) bond motifs is 1. The summed E-state index contributed by atoms with van der Waals surface area (Å²) in [7, 11) is 0. The Hall–Kier alpha value is -4.11. The molecule has 2 atom stereocenters. The number of halogens is 3. The molecule has 3 heterocycles. The van der Waals surface area contributed by atoms with Crippen molar-refractivity contribution in [1.29, 1.82) is 0 Å². The van der Waals surface area contributed by atoms with E-state index in [0.717, 1.165) is 15.8 Å². The first kappa shape index (κ1) is 27.1. The van der Waals surface area contributed by atoms with Crippen molar-refractivity contribution in [2.24, 2.45) is 0 Å². The van der Waals surface area contributed by atoms with Crippen molar-refractivity contribution >= 4 is 11.7 Å². The van der Waals surface area contributed by atoms with Crippen LogP contribution in [0.15, 0.2) is 91.0 Å². The molecule has 6 rings (SSSR count). The zero-order valence-electron chi connectivity index (χ0n) is 22.8. The zero-order chi connectivity index (χ0) is 28.6. The second-order valence-electron chi connectivity index (χ2n) is 10.8. The summed E-state index contributed by atoms with van der Waals surface area (Å²) in [6, 6.07) is 27.1. The molecule has 41 heavy (non-hydrogen) atoms. The summed E-state index contributed by atoms with van der Waals surface area (Å²) in [5.74, 6) is -0.142. The number of anilines is 1. The molecule has 212 valence electrons. The SMILES string of the molecule is Cc1ccc([C@H]2C[C@@H](C(F)(F)F)n3nc(C(=O)N4CCN(C(c5ccccc5)c5ccccc5)CC4)cc3N2)cc1. The highest BCUT2D eigenvalue weighted by Gasteiger charge is 2.47. The molecule has 0 saturated carbocycles. The third-order valence-electron chi connectivity index (χ3n) is 8.09. The van der Waals surface area contributed by atoms with Crippen LogP contribution in [0.3, 0.4) is 0 Å². The summed E-state index contributed by atoms with van der Waals surface area (Å²) < 4.78 is 43.4. The lowest BCUT2D eigenvalue weighted by molar-refractivity contribution is -0.173. The molecule has 9 heteroatoms. The van der Waals surface area contributed by atoms with Gasteiger partial charge in [0.2, 0.25) is 0 Å². The maximum atomic E-state index is 14.1. The van der Waals surface area contributed by atoms with Crippen molar-refractivity contribution in [3.63, 3.8) is 0 Å². The van der Waals surface area contributed by atoms with E-state index < -0.39 is 18.3 Å². The Bertz CT molecular complexity index is 1440. The molecule has 0 radical (unpaired) electrons. The lowest BCUT2D eigenvalue weighted by Crippen LogP contribution is -2.50. The number of carbonyl (C=O) groups excluding carboxylic acids is 1. The maximum absolute atomic E-state index is 14.1. The summed E-state index contributed by atoms with van der Waals surface area (Å²) in [5, 5.41) is 7.39. The number of piperazine rings is 1. The van der Waals surface area contributed by atoms with Gasteiger partial charge in [0.1, 0.15) is 5.82 Å². The Morgan fingerprint density at radius 2 is 1.46 bits per heavy atom. The van der Waals surface area contributed by atoms with Crippen LogP contribution in [0.4, 0.5) is 19.0 Å². The topological polar surface area (TPSA) is 53.4 Å². The van der Waals surface area contributed by atoms with Crippen LogP contribution >= 0.6 is 0 Å². The lowest BCUT2D eigenvalue weighted by atomic mass is 9.96. The number of amides is 1. The van der Waals surface area contributed by atoms with Crippen LogP contribution in [0.2, 0.25) is 0 Å². The molecule has 0 aliphatic carbocycles. The molecule has 1 amide bonds. The highest BCUT2D eigenvalue weighted by Crippen LogP contribution is 2.43. The van der Waals surface area contributed by atoms with Crippen molar-refractivity contribution in [3.05, 3.63) is 119 Å². The molecule has 1 aromatic heterocycles. The monoisotopic (exact) mass is 559 g/mol.